The zero-order chi connectivity index (χ0) is 20.8. The molecule has 152 valence electrons. The van der Waals surface area contributed by atoms with Gasteiger partial charge in [0.25, 0.3) is 0 Å². The van der Waals surface area contributed by atoms with Crippen molar-refractivity contribution in [3.63, 3.8) is 0 Å². The summed E-state index contributed by atoms with van der Waals surface area (Å²) in [7, 11) is 0. The number of anilines is 1. The smallest absolute Gasteiger partial charge is 0.234 e. The van der Waals surface area contributed by atoms with Crippen molar-refractivity contribution in [3.05, 3.63) is 63.9 Å². The van der Waals surface area contributed by atoms with Crippen LogP contribution in [0, 0.1) is 6.92 Å². The Bertz CT molecular complexity index is 1010. The number of nitrogens with one attached hydrogen (secondary N) is 1. The first kappa shape index (κ1) is 21.5. The second kappa shape index (κ2) is 10.0. The van der Waals surface area contributed by atoms with Gasteiger partial charge in [-0.05, 0) is 43.7 Å². The molecule has 0 aliphatic carbocycles. The molecule has 9 heteroatoms. The first-order valence-electron chi connectivity index (χ1n) is 8.96. The molecule has 6 nitrogen and oxygen atoms in total. The van der Waals surface area contributed by atoms with Crippen LogP contribution in [0.4, 0.5) is 5.69 Å². The predicted molar refractivity (Wildman–Crippen MR) is 117 cm³/mol. The molecule has 1 amide bonds. The standard InChI is InChI=1S/C20H20Cl2N4O2S/c1-3-26-18(11-28-17-10-5-4-7-15(17)22)24-25-20(26)29-12-19(27)23-16-9-6-8-14(21)13(16)2/h4-10H,3,11-12H2,1-2H3,(H,23,27). The summed E-state index contributed by atoms with van der Waals surface area (Å²) >= 11 is 13.5. The van der Waals surface area contributed by atoms with E-state index in [1.54, 1.807) is 24.3 Å². The number of carbonyl (C=O) groups excluding carboxylic acids is 1. The van der Waals surface area contributed by atoms with E-state index >= 15 is 0 Å². The number of aromatic nitrogens is 3. The summed E-state index contributed by atoms with van der Waals surface area (Å²) in [6.45, 7) is 4.75. The molecule has 29 heavy (non-hydrogen) atoms. The Balaban J connectivity index is 1.60. The largest absolute Gasteiger partial charge is 0.484 e. The fourth-order valence-electron chi connectivity index (χ4n) is 2.61. The Kier molecular flexibility index (Phi) is 7.41. The molecule has 0 fully saturated rings. The molecule has 0 bridgehead atoms. The normalized spacial score (nSPS) is 10.8. The van der Waals surface area contributed by atoms with Gasteiger partial charge in [0.1, 0.15) is 12.4 Å². The van der Waals surface area contributed by atoms with Crippen molar-refractivity contribution >= 4 is 46.6 Å². The van der Waals surface area contributed by atoms with Crippen LogP contribution in [0.2, 0.25) is 10.0 Å². The van der Waals surface area contributed by atoms with E-state index in [0.717, 1.165) is 5.56 Å². The molecule has 1 heterocycles. The Labute approximate surface area is 183 Å². The predicted octanol–water partition coefficient (Wildman–Crippen LogP) is 5.22. The zero-order valence-electron chi connectivity index (χ0n) is 16.0. The molecule has 1 N–H and O–H groups in total. The number of hydrogen-bond donors (Lipinski definition) is 1. The minimum atomic E-state index is -0.139. The van der Waals surface area contributed by atoms with Crippen molar-refractivity contribution in [2.75, 3.05) is 11.1 Å². The van der Waals surface area contributed by atoms with Crippen LogP contribution in [0.1, 0.15) is 18.3 Å². The summed E-state index contributed by atoms with van der Waals surface area (Å²) in [5.74, 6) is 1.32. The number of amides is 1. The van der Waals surface area contributed by atoms with Gasteiger partial charge in [0, 0.05) is 17.3 Å². The number of halogens is 2. The second-order valence-corrected chi connectivity index (χ2v) is 7.87. The number of rotatable bonds is 8. The monoisotopic (exact) mass is 450 g/mol. The van der Waals surface area contributed by atoms with Gasteiger partial charge < -0.3 is 14.6 Å². The molecule has 0 spiro atoms. The molecule has 0 radical (unpaired) electrons. The lowest BCUT2D eigenvalue weighted by Gasteiger charge is -2.10. The van der Waals surface area contributed by atoms with Gasteiger partial charge >= 0.3 is 0 Å². The fourth-order valence-corrected chi connectivity index (χ4v) is 3.80. The highest BCUT2D eigenvalue weighted by Crippen LogP contribution is 2.26. The van der Waals surface area contributed by atoms with E-state index < -0.39 is 0 Å². The van der Waals surface area contributed by atoms with Crippen molar-refractivity contribution in [1.82, 2.24) is 14.8 Å². The van der Waals surface area contributed by atoms with Crippen LogP contribution in [0.5, 0.6) is 5.75 Å². The van der Waals surface area contributed by atoms with Crippen molar-refractivity contribution in [1.29, 1.82) is 0 Å². The zero-order valence-corrected chi connectivity index (χ0v) is 18.3. The van der Waals surface area contributed by atoms with Crippen molar-refractivity contribution in [3.8, 4) is 5.75 Å². The van der Waals surface area contributed by atoms with Crippen molar-refractivity contribution in [2.24, 2.45) is 0 Å². The molecular weight excluding hydrogens is 431 g/mol. The first-order valence-corrected chi connectivity index (χ1v) is 10.7. The van der Waals surface area contributed by atoms with Gasteiger partial charge in [-0.25, -0.2) is 0 Å². The molecule has 0 atom stereocenters. The first-order chi connectivity index (χ1) is 14.0. The molecule has 0 aliphatic heterocycles. The van der Waals surface area contributed by atoms with E-state index in [2.05, 4.69) is 15.5 Å². The number of thioether (sulfide) groups is 1. The van der Waals surface area contributed by atoms with Crippen LogP contribution in [0.15, 0.2) is 47.6 Å². The molecule has 1 aromatic heterocycles. The summed E-state index contributed by atoms with van der Waals surface area (Å²) in [6.07, 6.45) is 0. The maximum absolute atomic E-state index is 12.3. The highest BCUT2D eigenvalue weighted by molar-refractivity contribution is 7.99. The Morgan fingerprint density at radius 1 is 1.14 bits per heavy atom. The average molecular weight is 451 g/mol. The maximum Gasteiger partial charge on any atom is 0.234 e. The fraction of sp³-hybridized carbons (Fsp3) is 0.250. The lowest BCUT2D eigenvalue weighted by Crippen LogP contribution is -2.15. The van der Waals surface area contributed by atoms with Gasteiger partial charge in [0.2, 0.25) is 5.91 Å². The summed E-state index contributed by atoms with van der Waals surface area (Å²) in [4.78, 5) is 12.3. The average Bonchev–Trinajstić information content (AvgIpc) is 3.11. The number of ether oxygens (including phenoxy) is 1. The van der Waals surface area contributed by atoms with Gasteiger partial charge in [-0.3, -0.25) is 4.79 Å². The number of para-hydroxylation sites is 1. The molecule has 3 rings (SSSR count). The van der Waals surface area contributed by atoms with Crippen LogP contribution < -0.4 is 10.1 Å². The summed E-state index contributed by atoms with van der Waals surface area (Å²) in [5.41, 5.74) is 1.54. The quantitative estimate of drug-likeness (QED) is 0.476. The maximum atomic E-state index is 12.3. The third kappa shape index (κ3) is 5.44. The lowest BCUT2D eigenvalue weighted by molar-refractivity contribution is -0.113. The topological polar surface area (TPSA) is 69.0 Å². The Morgan fingerprint density at radius 3 is 2.66 bits per heavy atom. The van der Waals surface area contributed by atoms with E-state index in [0.29, 0.717) is 39.0 Å². The number of benzene rings is 2. The van der Waals surface area contributed by atoms with E-state index in [-0.39, 0.29) is 18.3 Å². The van der Waals surface area contributed by atoms with E-state index in [4.69, 9.17) is 27.9 Å². The number of hydrogen-bond acceptors (Lipinski definition) is 5. The minimum absolute atomic E-state index is 0.139. The number of nitrogens with zero attached hydrogens (tertiary/aromatic N) is 3. The third-order valence-electron chi connectivity index (χ3n) is 4.18. The summed E-state index contributed by atoms with van der Waals surface area (Å²) in [5, 5.41) is 13.1. The van der Waals surface area contributed by atoms with E-state index in [9.17, 15) is 4.79 Å². The molecule has 0 unspecified atom stereocenters. The minimum Gasteiger partial charge on any atom is -0.484 e. The van der Waals surface area contributed by atoms with E-state index in [1.165, 1.54) is 11.8 Å². The molecule has 0 saturated heterocycles. The molecule has 2 aromatic carbocycles. The SMILES string of the molecule is CCn1c(COc2ccccc2Cl)nnc1SCC(=O)Nc1cccc(Cl)c1C. The number of carbonyl (C=O) groups is 1. The molecule has 3 aromatic rings. The van der Waals surface area contributed by atoms with Crippen molar-refractivity contribution < 1.29 is 9.53 Å². The van der Waals surface area contributed by atoms with Crippen LogP contribution >= 0.6 is 35.0 Å². The van der Waals surface area contributed by atoms with Gasteiger partial charge in [-0.15, -0.1) is 10.2 Å². The molecular formula is C20H20Cl2N4O2S. The second-order valence-electron chi connectivity index (χ2n) is 6.11. The lowest BCUT2D eigenvalue weighted by atomic mass is 10.2. The van der Waals surface area contributed by atoms with Gasteiger partial charge in [-0.1, -0.05) is 53.2 Å². The summed E-state index contributed by atoms with van der Waals surface area (Å²) < 4.78 is 7.67. The van der Waals surface area contributed by atoms with Crippen LogP contribution in [-0.2, 0) is 17.9 Å². The molecule has 0 aliphatic rings. The van der Waals surface area contributed by atoms with Gasteiger partial charge in [0.15, 0.2) is 11.0 Å². The van der Waals surface area contributed by atoms with E-state index in [1.807, 2.05) is 36.6 Å². The van der Waals surface area contributed by atoms with Crippen molar-refractivity contribution in [2.45, 2.75) is 32.2 Å². The van der Waals surface area contributed by atoms with Crippen LogP contribution in [-0.4, -0.2) is 26.4 Å². The van der Waals surface area contributed by atoms with Crippen LogP contribution in [0.3, 0.4) is 0 Å². The van der Waals surface area contributed by atoms with Crippen LogP contribution in [0.25, 0.3) is 0 Å². The Hall–Kier alpha value is -2.22. The Morgan fingerprint density at radius 2 is 1.90 bits per heavy atom. The summed E-state index contributed by atoms with van der Waals surface area (Å²) in [6, 6.07) is 12.7. The third-order valence-corrected chi connectivity index (χ3v) is 5.87. The molecule has 0 saturated carbocycles. The van der Waals surface area contributed by atoms with Gasteiger partial charge in [-0.2, -0.15) is 0 Å². The van der Waals surface area contributed by atoms with Gasteiger partial charge in [0.05, 0.1) is 10.8 Å². The highest BCUT2D eigenvalue weighted by atomic mass is 35.5. The highest BCUT2D eigenvalue weighted by Gasteiger charge is 2.15.